The van der Waals surface area contributed by atoms with Gasteiger partial charge in [-0.2, -0.15) is 0 Å². The molecule has 4 aromatic rings. The molecule has 9 nitrogen and oxygen atoms in total. The van der Waals surface area contributed by atoms with Crippen LogP contribution in [0.15, 0.2) is 90.3 Å². The highest BCUT2D eigenvalue weighted by Gasteiger charge is 2.28. The maximum absolute atomic E-state index is 13.8. The molecule has 0 radical (unpaired) electrons. The van der Waals surface area contributed by atoms with Gasteiger partial charge in [0.2, 0.25) is 0 Å². The van der Waals surface area contributed by atoms with Crippen molar-refractivity contribution in [3.8, 4) is 5.75 Å². The second-order valence-electron chi connectivity index (χ2n) is 9.89. The van der Waals surface area contributed by atoms with Crippen molar-refractivity contribution in [3.63, 3.8) is 0 Å². The average Bonchev–Trinajstić information content (AvgIpc) is 3.50. The fourth-order valence-corrected chi connectivity index (χ4v) is 6.50. The lowest BCUT2D eigenvalue weighted by Crippen LogP contribution is -2.26. The molecule has 0 saturated carbocycles. The van der Waals surface area contributed by atoms with E-state index in [-0.39, 0.29) is 29.4 Å². The third kappa shape index (κ3) is 6.55. The Morgan fingerprint density at radius 1 is 1.07 bits per heavy atom. The summed E-state index contributed by atoms with van der Waals surface area (Å²) in [5, 5.41) is 11.5. The van der Waals surface area contributed by atoms with E-state index >= 15 is 0 Å². The highest BCUT2D eigenvalue weighted by atomic mass is 32.2. The Balaban J connectivity index is 1.53. The number of Topliss-reactive ketones (excluding diaryl/α,β-unsaturated/α-hetero) is 1. The normalized spacial score (nSPS) is 13.8. The second-order valence-corrected chi connectivity index (χ2v) is 11.9. The van der Waals surface area contributed by atoms with E-state index in [0.717, 1.165) is 5.56 Å². The second kappa shape index (κ2) is 12.5. The van der Waals surface area contributed by atoms with Gasteiger partial charge in [0.05, 0.1) is 30.1 Å². The van der Waals surface area contributed by atoms with Gasteiger partial charge < -0.3 is 19.7 Å². The number of nitrogens with one attached hydrogen (secondary N) is 1. The summed E-state index contributed by atoms with van der Waals surface area (Å²) in [4.78, 5) is 29.3. The summed E-state index contributed by atoms with van der Waals surface area (Å²) < 4.78 is 36.1. The van der Waals surface area contributed by atoms with E-state index in [2.05, 4.69) is 10.3 Å². The molecule has 0 saturated heterocycles. The van der Waals surface area contributed by atoms with E-state index < -0.39 is 27.6 Å². The first-order valence-electron chi connectivity index (χ1n) is 13.4. The number of sulfone groups is 1. The minimum Gasteiger partial charge on any atom is -0.484 e. The Morgan fingerprint density at radius 2 is 1.90 bits per heavy atom. The van der Waals surface area contributed by atoms with Gasteiger partial charge in [0.25, 0.3) is 5.91 Å². The van der Waals surface area contributed by atoms with Gasteiger partial charge in [-0.3, -0.25) is 9.59 Å². The van der Waals surface area contributed by atoms with Gasteiger partial charge in [-0.25, -0.2) is 13.4 Å². The quantitative estimate of drug-likeness (QED) is 0.278. The van der Waals surface area contributed by atoms with Crippen molar-refractivity contribution in [2.24, 2.45) is 0 Å². The predicted molar refractivity (Wildman–Crippen MR) is 152 cm³/mol. The molecule has 0 fully saturated rings. The molecule has 1 aromatic heterocycles. The molecule has 3 aromatic carbocycles. The molecule has 10 heteroatoms. The number of hydrogen-bond donors (Lipinski definition) is 2. The number of hydrogen-bond acceptors (Lipinski definition) is 7. The van der Waals surface area contributed by atoms with Crippen molar-refractivity contribution in [2.45, 2.75) is 42.6 Å². The number of amides is 1. The Bertz CT molecular complexity index is 1640. The summed E-state index contributed by atoms with van der Waals surface area (Å²) in [7, 11) is -3.95. The molecule has 0 spiro atoms. The zero-order chi connectivity index (χ0) is 28.8. The molecule has 0 bridgehead atoms. The lowest BCUT2D eigenvalue weighted by molar-refractivity contribution is 0.0942. The van der Waals surface area contributed by atoms with Crippen LogP contribution in [0.3, 0.4) is 0 Å². The maximum atomic E-state index is 13.8. The van der Waals surface area contributed by atoms with E-state index in [4.69, 9.17) is 9.84 Å². The fourth-order valence-electron chi connectivity index (χ4n) is 5.04. The summed E-state index contributed by atoms with van der Waals surface area (Å²) >= 11 is 0. The number of ether oxygens (including phenoxy) is 1. The number of nitrogens with zero attached hydrogens (tertiary/aromatic N) is 2. The Kier molecular flexibility index (Phi) is 8.61. The van der Waals surface area contributed by atoms with Gasteiger partial charge in [0.15, 0.2) is 15.6 Å². The van der Waals surface area contributed by atoms with Crippen LogP contribution in [0, 0.1) is 0 Å². The number of aliphatic hydroxyl groups is 1. The molecule has 212 valence electrons. The van der Waals surface area contributed by atoms with E-state index in [1.807, 2.05) is 41.1 Å². The van der Waals surface area contributed by atoms with E-state index in [1.54, 1.807) is 24.7 Å². The Labute approximate surface area is 238 Å². The zero-order valence-electron chi connectivity index (χ0n) is 22.4. The van der Waals surface area contributed by atoms with Crippen LogP contribution in [0.1, 0.15) is 56.4 Å². The number of carbonyl (C=O) groups excluding carboxylic acids is 2. The van der Waals surface area contributed by atoms with Crippen LogP contribution in [0.2, 0.25) is 0 Å². The van der Waals surface area contributed by atoms with E-state index in [1.165, 1.54) is 24.3 Å². The molecule has 1 unspecified atom stereocenters. The smallest absolute Gasteiger partial charge is 0.251 e. The molecule has 1 heterocycles. The van der Waals surface area contributed by atoms with Gasteiger partial charge in [-0.15, -0.1) is 0 Å². The number of fused-ring (bicyclic) bond motifs is 1. The third-order valence-electron chi connectivity index (χ3n) is 7.08. The minimum absolute atomic E-state index is 0.0159. The molecule has 0 aliphatic heterocycles. The predicted octanol–water partition coefficient (Wildman–Crippen LogP) is 3.92. The SMILES string of the molecule is O=C(NCCO)c1cccc(S(=O)(=O)Cc2c(OC(Cn3ccnc3)c3ccccc3)ccc3c2CCCC3=O)c1. The van der Waals surface area contributed by atoms with Crippen molar-refractivity contribution in [1.82, 2.24) is 14.9 Å². The van der Waals surface area contributed by atoms with Crippen molar-refractivity contribution < 1.29 is 27.9 Å². The fraction of sp³-hybridized carbons (Fsp3) is 0.258. The number of rotatable bonds is 11. The number of imidazole rings is 1. The number of aliphatic hydroxyl groups excluding tert-OH is 1. The third-order valence-corrected chi connectivity index (χ3v) is 8.72. The summed E-state index contributed by atoms with van der Waals surface area (Å²) in [5.41, 5.74) is 2.75. The van der Waals surface area contributed by atoms with Crippen LogP contribution in [-0.4, -0.2) is 47.9 Å². The Morgan fingerprint density at radius 3 is 2.66 bits per heavy atom. The molecular formula is C31H31N3O6S. The molecule has 5 rings (SSSR count). The van der Waals surface area contributed by atoms with Crippen LogP contribution in [-0.2, 0) is 28.6 Å². The first-order chi connectivity index (χ1) is 19.9. The molecular weight excluding hydrogens is 542 g/mol. The number of aromatic nitrogens is 2. The van der Waals surface area contributed by atoms with Gasteiger partial charge in [-0.1, -0.05) is 36.4 Å². The first kappa shape index (κ1) is 28.3. The number of benzene rings is 3. The van der Waals surface area contributed by atoms with Crippen molar-refractivity contribution in [3.05, 3.63) is 113 Å². The zero-order valence-corrected chi connectivity index (χ0v) is 23.2. The van der Waals surface area contributed by atoms with Crippen molar-refractivity contribution >= 4 is 21.5 Å². The highest BCUT2D eigenvalue weighted by molar-refractivity contribution is 7.90. The maximum Gasteiger partial charge on any atom is 0.251 e. The first-order valence-corrected chi connectivity index (χ1v) is 15.1. The molecule has 41 heavy (non-hydrogen) atoms. The lowest BCUT2D eigenvalue weighted by atomic mass is 9.87. The van der Waals surface area contributed by atoms with E-state index in [9.17, 15) is 18.0 Å². The standard InChI is InChI=1S/C31H31N3O6S/c35-17-15-33-31(37)23-8-4-9-24(18-23)41(38,39)20-27-25-10-5-11-28(36)26(25)12-13-29(27)40-30(19-34-16-14-32-21-34)22-6-2-1-3-7-22/h1-4,6-9,12-14,16,18,21,30,35H,5,10-11,15,17,19-20H2,(H,33,37). The summed E-state index contributed by atoms with van der Waals surface area (Å²) in [6, 6.07) is 18.9. The lowest BCUT2D eigenvalue weighted by Gasteiger charge is -2.26. The average molecular weight is 574 g/mol. The van der Waals surface area contributed by atoms with Crippen LogP contribution in [0.4, 0.5) is 0 Å². The highest BCUT2D eigenvalue weighted by Crippen LogP contribution is 2.36. The largest absolute Gasteiger partial charge is 0.484 e. The molecule has 1 amide bonds. The van der Waals surface area contributed by atoms with Crippen molar-refractivity contribution in [1.29, 1.82) is 0 Å². The van der Waals surface area contributed by atoms with Gasteiger partial charge in [0, 0.05) is 42.0 Å². The summed E-state index contributed by atoms with van der Waals surface area (Å²) in [6.07, 6.45) is 6.35. The Hall–Kier alpha value is -4.28. The monoisotopic (exact) mass is 573 g/mol. The molecule has 1 atom stereocenters. The molecule has 2 N–H and O–H groups in total. The summed E-state index contributed by atoms with van der Waals surface area (Å²) in [6.45, 7) is 0.273. The van der Waals surface area contributed by atoms with Crippen LogP contribution < -0.4 is 10.1 Å². The summed E-state index contributed by atoms with van der Waals surface area (Å²) in [5.74, 6) is -0.495. The van der Waals surface area contributed by atoms with Crippen LogP contribution in [0.25, 0.3) is 0 Å². The van der Waals surface area contributed by atoms with Crippen molar-refractivity contribution in [2.75, 3.05) is 13.2 Å². The minimum atomic E-state index is -3.95. The number of ketones is 1. The van der Waals surface area contributed by atoms with Crippen LogP contribution >= 0.6 is 0 Å². The van der Waals surface area contributed by atoms with Crippen LogP contribution in [0.5, 0.6) is 5.75 Å². The van der Waals surface area contributed by atoms with Gasteiger partial charge in [-0.05, 0) is 54.3 Å². The van der Waals surface area contributed by atoms with Gasteiger partial charge >= 0.3 is 0 Å². The molecule has 1 aliphatic rings. The molecule has 1 aliphatic carbocycles. The van der Waals surface area contributed by atoms with E-state index in [0.29, 0.717) is 48.2 Å². The topological polar surface area (TPSA) is 128 Å². The van der Waals surface area contributed by atoms with Gasteiger partial charge in [0.1, 0.15) is 11.9 Å². The number of carbonyl (C=O) groups is 2.